The second kappa shape index (κ2) is 8.92. The van der Waals surface area contributed by atoms with Crippen LogP contribution in [-0.4, -0.2) is 29.4 Å². The SMILES string of the molecule is CCC(C)C(C)C(=O)Nc1ccc(C(=O)NCCC(=O)O)cc1. The van der Waals surface area contributed by atoms with E-state index in [0.717, 1.165) is 6.42 Å². The number of rotatable bonds is 8. The number of carboxylic acid groups (broad SMARTS) is 1. The predicted octanol–water partition coefficient (Wildman–Crippen LogP) is 2.51. The Bertz CT molecular complexity index is 554. The fraction of sp³-hybridized carbons (Fsp3) is 0.471. The van der Waals surface area contributed by atoms with E-state index in [1.165, 1.54) is 0 Å². The Kier molecular flexibility index (Phi) is 7.25. The van der Waals surface area contributed by atoms with Crippen LogP contribution in [0.15, 0.2) is 24.3 Å². The van der Waals surface area contributed by atoms with Crippen LogP contribution in [0.3, 0.4) is 0 Å². The topological polar surface area (TPSA) is 95.5 Å². The maximum atomic E-state index is 12.1. The first-order valence-electron chi connectivity index (χ1n) is 7.76. The van der Waals surface area contributed by atoms with Crippen LogP contribution in [0.5, 0.6) is 0 Å². The van der Waals surface area contributed by atoms with Crippen LogP contribution in [0.2, 0.25) is 0 Å². The molecule has 2 atom stereocenters. The van der Waals surface area contributed by atoms with E-state index in [1.807, 2.05) is 20.8 Å². The third-order valence-corrected chi connectivity index (χ3v) is 3.95. The lowest BCUT2D eigenvalue weighted by Crippen LogP contribution is -2.26. The third-order valence-electron chi connectivity index (χ3n) is 3.95. The minimum absolute atomic E-state index is 0.0435. The standard InChI is InChI=1S/C17H24N2O4/c1-4-11(2)12(3)16(22)19-14-7-5-13(6-8-14)17(23)18-10-9-15(20)21/h5-8,11-12H,4,9-10H2,1-3H3,(H,18,23)(H,19,22)(H,20,21). The molecule has 1 rings (SSSR count). The van der Waals surface area contributed by atoms with Crippen LogP contribution < -0.4 is 10.6 Å². The maximum absolute atomic E-state index is 12.1. The van der Waals surface area contributed by atoms with Gasteiger partial charge in [-0.15, -0.1) is 0 Å². The van der Waals surface area contributed by atoms with Crippen LogP contribution in [0.4, 0.5) is 5.69 Å². The van der Waals surface area contributed by atoms with Gasteiger partial charge in [0.1, 0.15) is 0 Å². The van der Waals surface area contributed by atoms with Gasteiger partial charge < -0.3 is 15.7 Å². The Morgan fingerprint density at radius 2 is 1.74 bits per heavy atom. The summed E-state index contributed by atoms with van der Waals surface area (Å²) in [6.07, 6.45) is 0.817. The number of amides is 2. The van der Waals surface area contributed by atoms with Crippen LogP contribution in [0, 0.1) is 11.8 Å². The molecule has 126 valence electrons. The first-order chi connectivity index (χ1) is 10.8. The zero-order valence-corrected chi connectivity index (χ0v) is 13.8. The molecule has 1 aromatic carbocycles. The van der Waals surface area contributed by atoms with Crippen molar-refractivity contribution in [3.05, 3.63) is 29.8 Å². The van der Waals surface area contributed by atoms with E-state index < -0.39 is 5.97 Å². The minimum atomic E-state index is -0.959. The number of carboxylic acids is 1. The highest BCUT2D eigenvalue weighted by molar-refractivity contribution is 5.96. The predicted molar refractivity (Wildman–Crippen MR) is 88.3 cm³/mol. The smallest absolute Gasteiger partial charge is 0.305 e. The van der Waals surface area contributed by atoms with Gasteiger partial charge in [0.05, 0.1) is 6.42 Å². The summed E-state index contributed by atoms with van der Waals surface area (Å²) in [6.45, 7) is 6.06. The van der Waals surface area contributed by atoms with Crippen molar-refractivity contribution in [3.63, 3.8) is 0 Å². The molecule has 0 fully saturated rings. The number of aliphatic carboxylic acids is 1. The molecule has 0 bridgehead atoms. The van der Waals surface area contributed by atoms with E-state index in [9.17, 15) is 14.4 Å². The molecule has 0 aromatic heterocycles. The Morgan fingerprint density at radius 3 is 2.26 bits per heavy atom. The first-order valence-corrected chi connectivity index (χ1v) is 7.76. The van der Waals surface area contributed by atoms with Gasteiger partial charge in [0.2, 0.25) is 5.91 Å². The summed E-state index contributed by atoms with van der Waals surface area (Å²) < 4.78 is 0. The lowest BCUT2D eigenvalue weighted by Gasteiger charge is -2.17. The number of anilines is 1. The summed E-state index contributed by atoms with van der Waals surface area (Å²) in [4.78, 5) is 34.3. The van der Waals surface area contributed by atoms with E-state index in [-0.39, 0.29) is 30.7 Å². The molecule has 0 heterocycles. The normalized spacial score (nSPS) is 13.0. The number of carbonyl (C=O) groups excluding carboxylic acids is 2. The highest BCUT2D eigenvalue weighted by Gasteiger charge is 2.18. The lowest BCUT2D eigenvalue weighted by atomic mass is 9.93. The zero-order valence-electron chi connectivity index (χ0n) is 13.8. The molecule has 0 saturated heterocycles. The molecule has 1 aromatic rings. The number of benzene rings is 1. The van der Waals surface area contributed by atoms with E-state index in [1.54, 1.807) is 24.3 Å². The van der Waals surface area contributed by atoms with Crippen molar-refractivity contribution in [2.75, 3.05) is 11.9 Å². The Labute approximate surface area is 136 Å². The fourth-order valence-electron chi connectivity index (χ4n) is 1.96. The summed E-state index contributed by atoms with van der Waals surface area (Å²) in [5.41, 5.74) is 1.05. The number of hydrogen-bond donors (Lipinski definition) is 3. The lowest BCUT2D eigenvalue weighted by molar-refractivity contribution is -0.136. The van der Waals surface area contributed by atoms with Gasteiger partial charge in [-0.1, -0.05) is 27.2 Å². The Balaban J connectivity index is 2.57. The molecule has 6 heteroatoms. The first kappa shape index (κ1) is 18.7. The Hall–Kier alpha value is -2.37. The minimum Gasteiger partial charge on any atom is -0.481 e. The fourth-order valence-corrected chi connectivity index (χ4v) is 1.96. The van der Waals surface area contributed by atoms with Gasteiger partial charge in [-0.2, -0.15) is 0 Å². The van der Waals surface area contributed by atoms with Gasteiger partial charge in [-0.3, -0.25) is 14.4 Å². The van der Waals surface area contributed by atoms with E-state index >= 15 is 0 Å². The number of carbonyl (C=O) groups is 3. The molecule has 0 spiro atoms. The molecular weight excluding hydrogens is 296 g/mol. The molecule has 0 aliphatic carbocycles. The monoisotopic (exact) mass is 320 g/mol. The van der Waals surface area contributed by atoms with Gasteiger partial charge in [0.25, 0.3) is 5.91 Å². The Morgan fingerprint density at radius 1 is 1.13 bits per heavy atom. The van der Waals surface area contributed by atoms with Crippen LogP contribution in [-0.2, 0) is 9.59 Å². The summed E-state index contributed by atoms with van der Waals surface area (Å²) >= 11 is 0. The molecule has 23 heavy (non-hydrogen) atoms. The molecular formula is C17H24N2O4. The quantitative estimate of drug-likeness (QED) is 0.686. The van der Waals surface area contributed by atoms with Crippen molar-refractivity contribution in [2.45, 2.75) is 33.6 Å². The number of hydrogen-bond acceptors (Lipinski definition) is 3. The van der Waals surface area contributed by atoms with Crippen molar-refractivity contribution in [1.29, 1.82) is 0 Å². The van der Waals surface area contributed by atoms with Gasteiger partial charge >= 0.3 is 5.97 Å². The van der Waals surface area contributed by atoms with Gasteiger partial charge in [-0.05, 0) is 30.2 Å². The summed E-state index contributed by atoms with van der Waals surface area (Å²) in [5.74, 6) is -1.12. The van der Waals surface area contributed by atoms with Crippen LogP contribution in [0.25, 0.3) is 0 Å². The van der Waals surface area contributed by atoms with E-state index in [0.29, 0.717) is 17.2 Å². The molecule has 6 nitrogen and oxygen atoms in total. The molecule has 0 radical (unpaired) electrons. The highest BCUT2D eigenvalue weighted by Crippen LogP contribution is 2.17. The van der Waals surface area contributed by atoms with Crippen LogP contribution in [0.1, 0.15) is 44.0 Å². The largest absolute Gasteiger partial charge is 0.481 e. The van der Waals surface area contributed by atoms with Crippen LogP contribution >= 0.6 is 0 Å². The van der Waals surface area contributed by atoms with Crippen molar-refractivity contribution >= 4 is 23.5 Å². The molecule has 2 amide bonds. The number of nitrogens with one attached hydrogen (secondary N) is 2. The molecule has 0 saturated carbocycles. The van der Waals surface area contributed by atoms with Crippen molar-refractivity contribution in [3.8, 4) is 0 Å². The second-order valence-corrected chi connectivity index (χ2v) is 5.64. The molecule has 3 N–H and O–H groups in total. The van der Waals surface area contributed by atoms with Crippen molar-refractivity contribution < 1.29 is 19.5 Å². The maximum Gasteiger partial charge on any atom is 0.305 e. The summed E-state index contributed by atoms with van der Waals surface area (Å²) in [7, 11) is 0. The van der Waals surface area contributed by atoms with Gasteiger partial charge in [0, 0.05) is 23.7 Å². The summed E-state index contributed by atoms with van der Waals surface area (Å²) in [6, 6.07) is 6.51. The average Bonchev–Trinajstić information content (AvgIpc) is 2.53. The van der Waals surface area contributed by atoms with Gasteiger partial charge in [-0.25, -0.2) is 0 Å². The third kappa shape index (κ3) is 6.10. The van der Waals surface area contributed by atoms with Crippen molar-refractivity contribution in [1.82, 2.24) is 5.32 Å². The molecule has 0 aliphatic rings. The van der Waals surface area contributed by atoms with E-state index in [2.05, 4.69) is 10.6 Å². The molecule has 0 aliphatic heterocycles. The molecule has 2 unspecified atom stereocenters. The summed E-state index contributed by atoms with van der Waals surface area (Å²) in [5, 5.41) is 13.9. The van der Waals surface area contributed by atoms with E-state index in [4.69, 9.17) is 5.11 Å². The highest BCUT2D eigenvalue weighted by atomic mass is 16.4. The average molecular weight is 320 g/mol. The van der Waals surface area contributed by atoms with Crippen molar-refractivity contribution in [2.24, 2.45) is 11.8 Å². The van der Waals surface area contributed by atoms with Gasteiger partial charge in [0.15, 0.2) is 0 Å². The zero-order chi connectivity index (χ0) is 17.4. The second-order valence-electron chi connectivity index (χ2n) is 5.64.